The van der Waals surface area contributed by atoms with E-state index >= 15 is 0 Å². The lowest BCUT2D eigenvalue weighted by atomic mass is 9.91. The fourth-order valence-electron chi connectivity index (χ4n) is 4.34. The van der Waals surface area contributed by atoms with Crippen LogP contribution in [-0.2, 0) is 18.9 Å². The maximum Gasteiger partial charge on any atom is 0.422 e. The number of benzene rings is 1. The third-order valence-corrected chi connectivity index (χ3v) is 6.95. The predicted octanol–water partition coefficient (Wildman–Crippen LogP) is 3.00. The molecule has 5 rings (SSSR count). The number of amides is 1. The first-order chi connectivity index (χ1) is 18.1. The highest BCUT2D eigenvalue weighted by Crippen LogP contribution is 2.39. The molecule has 2 aliphatic rings. The van der Waals surface area contributed by atoms with E-state index in [1.54, 1.807) is 27.7 Å². The highest BCUT2D eigenvalue weighted by molar-refractivity contribution is 7.18. The topological polar surface area (TPSA) is 142 Å². The molecule has 3 N–H and O–H groups in total. The Bertz CT molecular complexity index is 1270. The fraction of sp³-hybridized carbons (Fsp3) is 0.500. The van der Waals surface area contributed by atoms with E-state index in [0.717, 1.165) is 5.56 Å². The number of aryl methyl sites for hydroxylation is 1. The number of nitrogens with one attached hydrogen (secondary N) is 2. The Labute approximate surface area is 228 Å². The summed E-state index contributed by atoms with van der Waals surface area (Å²) in [7, 11) is 0. The van der Waals surface area contributed by atoms with Crippen LogP contribution in [0.5, 0.6) is 0 Å². The maximum atomic E-state index is 12.4. The van der Waals surface area contributed by atoms with Gasteiger partial charge in [-0.2, -0.15) is 4.68 Å². The van der Waals surface area contributed by atoms with Gasteiger partial charge in [-0.05, 0) is 27.7 Å². The van der Waals surface area contributed by atoms with E-state index in [2.05, 4.69) is 25.9 Å². The number of hydrogen-bond acceptors (Lipinski definition) is 11. The fourth-order valence-corrected chi connectivity index (χ4v) is 5.20. The minimum atomic E-state index is -1.22. The molecule has 0 radical (unpaired) electrons. The SMILES string of the molecule is Cc1nc([C@@H]2OC3COC(c4ccccc4)O[C@@H]3C(NNC(=O)OC(C)(C)C)C2O)n(-c2ncc(Cl)s2)n1. The first-order valence-corrected chi connectivity index (χ1v) is 13.2. The molecule has 4 heterocycles. The van der Waals surface area contributed by atoms with Gasteiger partial charge in [-0.1, -0.05) is 53.3 Å². The number of thiazole rings is 1. The molecule has 3 aromatic rings. The molecule has 4 unspecified atom stereocenters. The van der Waals surface area contributed by atoms with Crippen LogP contribution in [0.25, 0.3) is 5.13 Å². The Balaban J connectivity index is 1.44. The second-order valence-corrected chi connectivity index (χ2v) is 11.6. The lowest BCUT2D eigenvalue weighted by molar-refractivity contribution is -0.313. The third kappa shape index (κ3) is 5.83. The van der Waals surface area contributed by atoms with Crippen LogP contribution in [0.2, 0.25) is 4.34 Å². The van der Waals surface area contributed by atoms with E-state index < -0.39 is 48.4 Å². The van der Waals surface area contributed by atoms with Crippen molar-refractivity contribution in [3.8, 4) is 5.13 Å². The number of carbonyl (C=O) groups is 1. The average Bonchev–Trinajstić information content (AvgIpc) is 3.47. The van der Waals surface area contributed by atoms with Crippen LogP contribution < -0.4 is 10.9 Å². The molecule has 38 heavy (non-hydrogen) atoms. The molecule has 0 bridgehead atoms. The second-order valence-electron chi connectivity index (χ2n) is 9.94. The maximum absolute atomic E-state index is 12.4. The minimum Gasteiger partial charge on any atom is -0.443 e. The number of nitrogens with zero attached hydrogens (tertiary/aromatic N) is 4. The molecule has 2 saturated heterocycles. The molecule has 0 spiro atoms. The summed E-state index contributed by atoms with van der Waals surface area (Å²) in [5.74, 6) is 0.787. The summed E-state index contributed by atoms with van der Waals surface area (Å²) < 4.78 is 25.9. The number of aromatic nitrogens is 4. The van der Waals surface area contributed by atoms with Crippen LogP contribution in [0.3, 0.4) is 0 Å². The molecular weight excluding hydrogens is 536 g/mol. The number of ether oxygens (including phenoxy) is 4. The van der Waals surface area contributed by atoms with Gasteiger partial charge in [0.2, 0.25) is 5.13 Å². The van der Waals surface area contributed by atoms with Gasteiger partial charge in [0.05, 0.1) is 18.8 Å². The van der Waals surface area contributed by atoms with Gasteiger partial charge in [0.15, 0.2) is 12.1 Å². The van der Waals surface area contributed by atoms with Crippen LogP contribution in [-0.4, -0.2) is 67.5 Å². The number of halogens is 1. The van der Waals surface area contributed by atoms with Gasteiger partial charge in [-0.3, -0.25) is 5.43 Å². The van der Waals surface area contributed by atoms with E-state index in [1.807, 2.05) is 30.3 Å². The zero-order valence-electron chi connectivity index (χ0n) is 21.2. The number of aliphatic hydroxyl groups is 1. The van der Waals surface area contributed by atoms with Crippen molar-refractivity contribution in [2.45, 2.75) is 70.0 Å². The van der Waals surface area contributed by atoms with Crippen molar-refractivity contribution in [2.75, 3.05) is 6.61 Å². The molecule has 1 aromatic carbocycles. The lowest BCUT2D eigenvalue weighted by Crippen LogP contribution is -2.66. The van der Waals surface area contributed by atoms with Gasteiger partial charge in [0.25, 0.3) is 0 Å². The number of fused-ring (bicyclic) bond motifs is 1. The van der Waals surface area contributed by atoms with Crippen molar-refractivity contribution in [1.29, 1.82) is 0 Å². The molecule has 0 aliphatic carbocycles. The summed E-state index contributed by atoms with van der Waals surface area (Å²) in [5, 5.41) is 16.5. The van der Waals surface area contributed by atoms with Crippen molar-refractivity contribution < 1.29 is 28.8 Å². The zero-order valence-corrected chi connectivity index (χ0v) is 22.8. The average molecular weight is 565 g/mol. The minimum absolute atomic E-state index is 0.175. The molecule has 6 atom stereocenters. The smallest absolute Gasteiger partial charge is 0.422 e. The standard InChI is InChI=1S/C24H29ClN6O6S/c1-12-27-20(31(30-12)22-26-10-15(25)38-22)19-17(32)16(28-29-23(33)37-24(2,3)4)18-14(35-19)11-34-21(36-18)13-8-6-5-7-9-13/h5-10,14,16-19,21,28,32H,11H2,1-4H3,(H,29,33)/t14?,16?,17?,18-,19+,21?/m0/s1. The Morgan fingerprint density at radius 2 is 2.03 bits per heavy atom. The van der Waals surface area contributed by atoms with Crippen LogP contribution in [0.15, 0.2) is 36.5 Å². The van der Waals surface area contributed by atoms with Gasteiger partial charge < -0.3 is 24.1 Å². The van der Waals surface area contributed by atoms with Crippen LogP contribution >= 0.6 is 22.9 Å². The predicted molar refractivity (Wildman–Crippen MR) is 137 cm³/mol. The molecule has 12 nitrogen and oxygen atoms in total. The van der Waals surface area contributed by atoms with Gasteiger partial charge >= 0.3 is 6.09 Å². The molecule has 2 aromatic heterocycles. The number of rotatable bonds is 5. The highest BCUT2D eigenvalue weighted by atomic mass is 35.5. The summed E-state index contributed by atoms with van der Waals surface area (Å²) in [6.45, 7) is 7.18. The normalized spacial score (nSPS) is 27.5. The summed E-state index contributed by atoms with van der Waals surface area (Å²) in [4.78, 5) is 21.2. The van der Waals surface area contributed by atoms with Crippen LogP contribution in [0.1, 0.15) is 50.4 Å². The monoisotopic (exact) mass is 564 g/mol. The Morgan fingerprint density at radius 1 is 1.26 bits per heavy atom. The van der Waals surface area contributed by atoms with E-state index in [0.29, 0.717) is 21.1 Å². The first kappa shape index (κ1) is 26.9. The molecule has 2 fully saturated rings. The number of carbonyl (C=O) groups excluding carboxylic acids is 1. The quantitative estimate of drug-likeness (QED) is 0.396. The molecular formula is C24H29ClN6O6S. The summed E-state index contributed by atoms with van der Waals surface area (Å²) in [5.41, 5.74) is 5.55. The van der Waals surface area contributed by atoms with E-state index in [1.165, 1.54) is 22.2 Å². The van der Waals surface area contributed by atoms with Gasteiger partial charge in [0.1, 0.15) is 40.2 Å². The summed E-state index contributed by atoms with van der Waals surface area (Å²) >= 11 is 7.31. The van der Waals surface area contributed by atoms with Crippen molar-refractivity contribution in [3.63, 3.8) is 0 Å². The van der Waals surface area contributed by atoms with E-state index in [9.17, 15) is 9.90 Å². The highest BCUT2D eigenvalue weighted by Gasteiger charge is 2.51. The van der Waals surface area contributed by atoms with Crippen molar-refractivity contribution >= 4 is 29.0 Å². The largest absolute Gasteiger partial charge is 0.443 e. The Kier molecular flexibility index (Phi) is 7.69. The second kappa shape index (κ2) is 10.8. The molecule has 0 saturated carbocycles. The van der Waals surface area contributed by atoms with Crippen molar-refractivity contribution in [1.82, 2.24) is 30.6 Å². The van der Waals surface area contributed by atoms with E-state index in [-0.39, 0.29) is 6.61 Å². The molecule has 2 aliphatic heterocycles. The lowest BCUT2D eigenvalue weighted by Gasteiger charge is -2.48. The molecule has 204 valence electrons. The summed E-state index contributed by atoms with van der Waals surface area (Å²) in [6.07, 6.45) is -3.35. The molecule has 1 amide bonds. The van der Waals surface area contributed by atoms with Gasteiger partial charge in [0, 0.05) is 5.56 Å². The van der Waals surface area contributed by atoms with E-state index in [4.69, 9.17) is 30.5 Å². The van der Waals surface area contributed by atoms with Gasteiger partial charge in [-0.15, -0.1) is 5.10 Å². The zero-order chi connectivity index (χ0) is 27.0. The van der Waals surface area contributed by atoms with Crippen LogP contribution in [0, 0.1) is 6.92 Å². The first-order valence-electron chi connectivity index (χ1n) is 12.0. The number of hydrazine groups is 1. The molecule has 14 heteroatoms. The van der Waals surface area contributed by atoms with Crippen molar-refractivity contribution in [3.05, 3.63) is 58.1 Å². The number of hydrogen-bond donors (Lipinski definition) is 3. The third-order valence-electron chi connectivity index (χ3n) is 5.86. The number of aliphatic hydroxyl groups excluding tert-OH is 1. The summed E-state index contributed by atoms with van der Waals surface area (Å²) in [6, 6.07) is 8.62. The van der Waals surface area contributed by atoms with Gasteiger partial charge in [-0.25, -0.2) is 20.2 Å². The van der Waals surface area contributed by atoms with Crippen LogP contribution in [0.4, 0.5) is 4.79 Å². The Morgan fingerprint density at radius 3 is 2.71 bits per heavy atom. The Hall–Kier alpha value is -2.65. The van der Waals surface area contributed by atoms with Crippen molar-refractivity contribution in [2.24, 2.45) is 0 Å².